The van der Waals surface area contributed by atoms with E-state index < -0.39 is 12.7 Å². The summed E-state index contributed by atoms with van der Waals surface area (Å²) >= 11 is 0. The van der Waals surface area contributed by atoms with Crippen LogP contribution < -0.4 is 20.1 Å². The Morgan fingerprint density at radius 3 is 1.62 bits per heavy atom. The molecule has 0 unspecified atom stereocenters. The largest absolute Gasteiger partial charge is 0.496 e. The molecule has 4 aromatic rings. The van der Waals surface area contributed by atoms with E-state index in [0.29, 0.717) is 16.2 Å². The van der Waals surface area contributed by atoms with Crippen LogP contribution in [0.25, 0.3) is 0 Å². The highest BCUT2D eigenvalue weighted by Crippen LogP contribution is 2.51. The molecule has 0 heterocycles. The van der Waals surface area contributed by atoms with Gasteiger partial charge in [-0.15, -0.1) is 0 Å². The van der Waals surface area contributed by atoms with Gasteiger partial charge in [-0.25, -0.2) is 0 Å². The van der Waals surface area contributed by atoms with Gasteiger partial charge in [-0.05, 0) is 12.1 Å². The Morgan fingerprint density at radius 1 is 0.647 bits per heavy atom. The number of hydrogen-bond donors (Lipinski definition) is 0. The highest BCUT2D eigenvalue weighted by molar-refractivity contribution is 7.93. The maximum atomic E-state index is 14.7. The summed E-state index contributed by atoms with van der Waals surface area (Å²) in [5.41, 5.74) is -0.0617. The minimum atomic E-state index is -3.85. The second-order valence-corrected chi connectivity index (χ2v) is 10.2. The SMILES string of the molecule is COc1ccc(C(=O)c2ccccc2)c(OC)c1C(=O)P(=O)(c1ccccc1)c1ccccc1. The molecule has 0 radical (unpaired) electrons. The van der Waals surface area contributed by atoms with Crippen molar-refractivity contribution in [2.24, 2.45) is 0 Å². The normalized spacial score (nSPS) is 11.0. The van der Waals surface area contributed by atoms with Crippen molar-refractivity contribution >= 4 is 29.1 Å². The molecule has 0 aliphatic carbocycles. The van der Waals surface area contributed by atoms with Crippen molar-refractivity contribution in [2.45, 2.75) is 0 Å². The second kappa shape index (κ2) is 9.90. The first-order valence-electron chi connectivity index (χ1n) is 10.6. The van der Waals surface area contributed by atoms with E-state index in [1.54, 1.807) is 91.0 Å². The van der Waals surface area contributed by atoms with Crippen LogP contribution in [0.2, 0.25) is 0 Å². The van der Waals surface area contributed by atoms with Crippen LogP contribution in [0.4, 0.5) is 0 Å². The number of carbonyl (C=O) groups is 2. The summed E-state index contributed by atoms with van der Waals surface area (Å²) in [4.78, 5) is 27.5. The third-order valence-corrected chi connectivity index (χ3v) is 8.41. The number of carbonyl (C=O) groups excluding carboxylic acids is 2. The topological polar surface area (TPSA) is 69.7 Å². The summed E-state index contributed by atoms with van der Waals surface area (Å²) < 4.78 is 25.7. The molecule has 0 saturated carbocycles. The zero-order valence-electron chi connectivity index (χ0n) is 18.8. The first-order chi connectivity index (χ1) is 16.5. The predicted octanol–water partition coefficient (Wildman–Crippen LogP) is 5.09. The van der Waals surface area contributed by atoms with E-state index >= 15 is 0 Å². The molecule has 0 N–H and O–H groups in total. The standard InChI is InChI=1S/C28H23O5P/c1-32-24-19-18-23(26(29)20-12-6-3-7-13-20)27(33-2)25(24)28(30)34(31,21-14-8-4-9-15-21)22-16-10-5-11-17-22/h3-19H,1-2H3. The van der Waals surface area contributed by atoms with Crippen LogP contribution in [0.1, 0.15) is 26.3 Å². The van der Waals surface area contributed by atoms with Gasteiger partial charge >= 0.3 is 0 Å². The van der Waals surface area contributed by atoms with Gasteiger partial charge < -0.3 is 14.0 Å². The molecule has 0 fully saturated rings. The van der Waals surface area contributed by atoms with Gasteiger partial charge in [0.2, 0.25) is 12.7 Å². The average molecular weight is 470 g/mol. The Hall–Kier alpha value is -3.95. The lowest BCUT2D eigenvalue weighted by molar-refractivity contribution is 0.103. The third kappa shape index (κ3) is 4.07. The molecule has 0 amide bonds. The lowest BCUT2D eigenvalue weighted by Gasteiger charge is -2.22. The Labute approximate surface area is 198 Å². The predicted molar refractivity (Wildman–Crippen MR) is 134 cm³/mol. The molecule has 0 bridgehead atoms. The fourth-order valence-corrected chi connectivity index (χ4v) is 6.37. The van der Waals surface area contributed by atoms with Crippen LogP contribution in [0.5, 0.6) is 11.5 Å². The lowest BCUT2D eigenvalue weighted by Crippen LogP contribution is -2.24. The molecule has 0 saturated heterocycles. The van der Waals surface area contributed by atoms with E-state index in [1.807, 2.05) is 6.07 Å². The van der Waals surface area contributed by atoms with Gasteiger partial charge in [-0.1, -0.05) is 91.0 Å². The van der Waals surface area contributed by atoms with E-state index in [1.165, 1.54) is 20.3 Å². The summed E-state index contributed by atoms with van der Waals surface area (Å²) in [7, 11) is -1.05. The van der Waals surface area contributed by atoms with Crippen LogP contribution >= 0.6 is 7.14 Å². The fraction of sp³-hybridized carbons (Fsp3) is 0.0714. The lowest BCUT2D eigenvalue weighted by atomic mass is 9.99. The zero-order valence-corrected chi connectivity index (χ0v) is 19.7. The highest BCUT2D eigenvalue weighted by atomic mass is 31.2. The molecule has 5 nitrogen and oxygen atoms in total. The Morgan fingerprint density at radius 2 is 1.15 bits per heavy atom. The van der Waals surface area contributed by atoms with Crippen molar-refractivity contribution < 1.29 is 23.6 Å². The van der Waals surface area contributed by atoms with Gasteiger partial charge in [-0.3, -0.25) is 9.59 Å². The van der Waals surface area contributed by atoms with Crippen molar-refractivity contribution in [2.75, 3.05) is 14.2 Å². The Balaban J connectivity index is 1.97. The minimum absolute atomic E-state index is 0.0252. The Bertz CT molecular complexity index is 1320. The molecule has 4 rings (SSSR count). The van der Waals surface area contributed by atoms with E-state index in [4.69, 9.17) is 9.47 Å². The first-order valence-corrected chi connectivity index (χ1v) is 12.3. The third-order valence-electron chi connectivity index (χ3n) is 5.56. The molecular formula is C28H23O5P. The van der Waals surface area contributed by atoms with E-state index in [9.17, 15) is 14.2 Å². The fourth-order valence-electron chi connectivity index (χ4n) is 3.89. The summed E-state index contributed by atoms with van der Waals surface area (Å²) in [6, 6.07) is 29.0. The Kier molecular flexibility index (Phi) is 6.76. The van der Waals surface area contributed by atoms with E-state index in [2.05, 4.69) is 0 Å². The van der Waals surface area contributed by atoms with Crippen LogP contribution in [0.3, 0.4) is 0 Å². The molecule has 170 valence electrons. The van der Waals surface area contributed by atoms with Gasteiger partial charge in [0.25, 0.3) is 0 Å². The van der Waals surface area contributed by atoms with Gasteiger partial charge in [0.1, 0.15) is 17.1 Å². The van der Waals surface area contributed by atoms with Crippen molar-refractivity contribution in [3.8, 4) is 11.5 Å². The number of ketones is 1. The second-order valence-electron chi connectivity index (χ2n) is 7.50. The molecule has 0 atom stereocenters. The van der Waals surface area contributed by atoms with Gasteiger partial charge in [0.15, 0.2) is 5.78 Å². The monoisotopic (exact) mass is 470 g/mol. The van der Waals surface area contributed by atoms with Crippen molar-refractivity contribution in [1.82, 2.24) is 0 Å². The van der Waals surface area contributed by atoms with Gasteiger partial charge in [0, 0.05) is 16.2 Å². The number of ether oxygens (including phenoxy) is 2. The summed E-state index contributed by atoms with van der Waals surface area (Å²) in [6.45, 7) is 0. The number of hydrogen-bond acceptors (Lipinski definition) is 5. The molecule has 0 aromatic heterocycles. The number of rotatable bonds is 8. The van der Waals surface area contributed by atoms with Crippen molar-refractivity contribution in [1.29, 1.82) is 0 Å². The molecule has 4 aromatic carbocycles. The summed E-state index contributed by atoms with van der Waals surface area (Å²) in [6.07, 6.45) is 0. The van der Waals surface area contributed by atoms with E-state index in [-0.39, 0.29) is 28.4 Å². The smallest absolute Gasteiger partial charge is 0.237 e. The van der Waals surface area contributed by atoms with E-state index in [0.717, 1.165) is 0 Å². The zero-order chi connectivity index (χ0) is 24.1. The van der Waals surface area contributed by atoms with Crippen LogP contribution in [-0.4, -0.2) is 25.5 Å². The van der Waals surface area contributed by atoms with Crippen molar-refractivity contribution in [3.63, 3.8) is 0 Å². The number of methoxy groups -OCH3 is 2. The molecule has 0 spiro atoms. The maximum absolute atomic E-state index is 14.7. The van der Waals surface area contributed by atoms with Gasteiger partial charge in [0.05, 0.1) is 19.8 Å². The summed E-state index contributed by atoms with van der Waals surface area (Å²) in [5.74, 6) is -0.104. The van der Waals surface area contributed by atoms with Gasteiger partial charge in [-0.2, -0.15) is 0 Å². The van der Waals surface area contributed by atoms with Crippen LogP contribution in [0, 0.1) is 0 Å². The number of benzene rings is 4. The molecule has 0 aliphatic rings. The first kappa shape index (κ1) is 23.2. The molecule has 34 heavy (non-hydrogen) atoms. The highest BCUT2D eigenvalue weighted by Gasteiger charge is 2.40. The molecular weight excluding hydrogens is 447 g/mol. The quantitative estimate of drug-likeness (QED) is 0.265. The van der Waals surface area contributed by atoms with Crippen LogP contribution in [-0.2, 0) is 4.57 Å². The maximum Gasteiger partial charge on any atom is 0.237 e. The molecule has 0 aliphatic heterocycles. The average Bonchev–Trinajstić information content (AvgIpc) is 2.92. The van der Waals surface area contributed by atoms with Crippen molar-refractivity contribution in [3.05, 3.63) is 120 Å². The minimum Gasteiger partial charge on any atom is -0.496 e. The van der Waals surface area contributed by atoms with Crippen LogP contribution in [0.15, 0.2) is 103 Å². The molecule has 6 heteroatoms. The summed E-state index contributed by atoms with van der Waals surface area (Å²) in [5, 5.41) is 0.769.